The summed E-state index contributed by atoms with van der Waals surface area (Å²) in [5.74, 6) is 0.453. The average molecular weight is 481 g/mol. The maximum absolute atomic E-state index is 12.6. The fraction of sp³-hybridized carbons (Fsp3) is 0.429. The summed E-state index contributed by atoms with van der Waals surface area (Å²) in [6, 6.07) is 10.2. The molecule has 0 spiro atoms. The molecule has 0 bridgehead atoms. The summed E-state index contributed by atoms with van der Waals surface area (Å²) < 4.78 is 11.1. The van der Waals surface area contributed by atoms with Gasteiger partial charge in [0.15, 0.2) is 0 Å². The summed E-state index contributed by atoms with van der Waals surface area (Å²) in [4.78, 5) is 19.3. The molecule has 34 heavy (non-hydrogen) atoms. The van der Waals surface area contributed by atoms with Crippen LogP contribution in [0.25, 0.3) is 11.6 Å². The molecule has 1 aromatic heterocycles. The maximum atomic E-state index is 12.6. The van der Waals surface area contributed by atoms with E-state index in [1.807, 2.05) is 63.1 Å². The molecule has 1 atom stereocenters. The highest BCUT2D eigenvalue weighted by Crippen LogP contribution is 2.45. The molecule has 1 aliphatic carbocycles. The number of hydrogen-bond acceptors (Lipinski definition) is 4. The summed E-state index contributed by atoms with van der Waals surface area (Å²) >= 11 is 6.41. The quantitative estimate of drug-likeness (QED) is 0.446. The van der Waals surface area contributed by atoms with Crippen molar-refractivity contribution >= 4 is 29.3 Å². The van der Waals surface area contributed by atoms with Gasteiger partial charge in [0.2, 0.25) is 0 Å². The molecule has 0 N–H and O–H groups in total. The molecule has 1 unspecified atom stereocenters. The van der Waals surface area contributed by atoms with Crippen molar-refractivity contribution in [1.29, 1.82) is 0 Å². The molecule has 2 heterocycles. The van der Waals surface area contributed by atoms with Crippen LogP contribution in [-0.4, -0.2) is 41.3 Å². The van der Waals surface area contributed by atoms with Gasteiger partial charge < -0.3 is 14.4 Å². The van der Waals surface area contributed by atoms with Gasteiger partial charge in [-0.2, -0.15) is 0 Å². The van der Waals surface area contributed by atoms with Gasteiger partial charge in [0, 0.05) is 35.8 Å². The van der Waals surface area contributed by atoms with Crippen molar-refractivity contribution in [1.82, 2.24) is 9.88 Å². The molecule has 5 nitrogen and oxygen atoms in total. The molecule has 6 heteroatoms. The van der Waals surface area contributed by atoms with Crippen LogP contribution in [0.4, 0.5) is 4.79 Å². The Morgan fingerprint density at radius 2 is 2.00 bits per heavy atom. The molecule has 4 rings (SSSR count). The summed E-state index contributed by atoms with van der Waals surface area (Å²) in [6.45, 7) is 9.63. The number of piperidine rings is 1. The average Bonchev–Trinajstić information content (AvgIpc) is 2.92. The minimum absolute atomic E-state index is 0.110. The van der Waals surface area contributed by atoms with Crippen molar-refractivity contribution in [3.8, 4) is 0 Å². The number of pyridine rings is 1. The first-order chi connectivity index (χ1) is 16.3. The normalized spacial score (nSPS) is 18.7. The van der Waals surface area contributed by atoms with Crippen LogP contribution in [-0.2, 0) is 9.47 Å². The Morgan fingerprint density at radius 3 is 2.71 bits per heavy atom. The Bertz CT molecular complexity index is 1100. The van der Waals surface area contributed by atoms with E-state index in [-0.39, 0.29) is 12.0 Å². The third-order valence-electron chi connectivity index (χ3n) is 6.31. The molecule has 1 amide bonds. The van der Waals surface area contributed by atoms with Gasteiger partial charge in [0.25, 0.3) is 0 Å². The highest BCUT2D eigenvalue weighted by molar-refractivity contribution is 6.30. The maximum Gasteiger partial charge on any atom is 0.410 e. The fourth-order valence-electron chi connectivity index (χ4n) is 4.83. The van der Waals surface area contributed by atoms with Gasteiger partial charge in [-0.25, -0.2) is 4.79 Å². The van der Waals surface area contributed by atoms with Crippen molar-refractivity contribution in [2.75, 3.05) is 19.7 Å². The van der Waals surface area contributed by atoms with Gasteiger partial charge in [-0.15, -0.1) is 0 Å². The molecule has 1 fully saturated rings. The number of halogens is 1. The first kappa shape index (κ1) is 24.3. The monoisotopic (exact) mass is 480 g/mol. The van der Waals surface area contributed by atoms with Crippen LogP contribution in [0.15, 0.2) is 48.9 Å². The molecule has 1 aliphatic heterocycles. The van der Waals surface area contributed by atoms with Crippen LogP contribution in [0.5, 0.6) is 0 Å². The highest BCUT2D eigenvalue weighted by Gasteiger charge is 2.36. The predicted octanol–water partition coefficient (Wildman–Crippen LogP) is 6.92. The number of likely N-dealkylation sites (tertiary alicyclic amines) is 1. The van der Waals surface area contributed by atoms with Gasteiger partial charge in [0.05, 0.1) is 18.6 Å². The number of ether oxygens (including phenoxy) is 2. The standard InChI is InChI=1S/C28H33ClN2O3/c1-5-33-16-12-20-17-21-18-22(29)8-9-23(21)25(26-24(20)7-6-13-30-26)19-10-14-31(15-11-19)27(32)34-28(2,3)4/h6-9,12-13,16-19,25H,5,10-11,14-15H2,1-4H3. The van der Waals surface area contributed by atoms with Crippen molar-refractivity contribution in [2.45, 2.75) is 52.1 Å². The summed E-state index contributed by atoms with van der Waals surface area (Å²) in [7, 11) is 0. The van der Waals surface area contributed by atoms with Crippen molar-refractivity contribution in [3.63, 3.8) is 0 Å². The minimum atomic E-state index is -0.493. The number of nitrogens with zero attached hydrogens (tertiary/aromatic N) is 2. The fourth-order valence-corrected chi connectivity index (χ4v) is 5.01. The van der Waals surface area contributed by atoms with Gasteiger partial charge >= 0.3 is 6.09 Å². The lowest BCUT2D eigenvalue weighted by Crippen LogP contribution is -2.42. The Balaban J connectivity index is 1.68. The topological polar surface area (TPSA) is 51.7 Å². The summed E-state index contributed by atoms with van der Waals surface area (Å²) in [5, 5.41) is 0.709. The number of carbonyl (C=O) groups is 1. The van der Waals surface area contributed by atoms with E-state index in [4.69, 9.17) is 26.1 Å². The smallest absolute Gasteiger partial charge is 0.410 e. The highest BCUT2D eigenvalue weighted by atomic mass is 35.5. The second-order valence-electron chi connectivity index (χ2n) is 9.85. The van der Waals surface area contributed by atoms with E-state index in [1.165, 1.54) is 5.56 Å². The molecular formula is C28H33ClN2O3. The minimum Gasteiger partial charge on any atom is -0.501 e. The molecule has 180 valence electrons. The van der Waals surface area contributed by atoms with Crippen LogP contribution in [0.2, 0.25) is 5.02 Å². The number of fused-ring (bicyclic) bond motifs is 2. The van der Waals surface area contributed by atoms with Crippen molar-refractivity contribution < 1.29 is 14.3 Å². The second kappa shape index (κ2) is 10.2. The zero-order valence-electron chi connectivity index (χ0n) is 20.4. The van der Waals surface area contributed by atoms with Gasteiger partial charge in [-0.05, 0) is 93.5 Å². The molecule has 2 aliphatic rings. The third kappa shape index (κ3) is 5.47. The zero-order chi connectivity index (χ0) is 24.3. The lowest BCUT2D eigenvalue weighted by Gasteiger charge is -2.37. The number of amides is 1. The van der Waals surface area contributed by atoms with Crippen LogP contribution < -0.4 is 0 Å². The Hall–Kier alpha value is -2.79. The number of allylic oxidation sites excluding steroid dienone is 2. The van der Waals surface area contributed by atoms with Crippen LogP contribution >= 0.6 is 11.6 Å². The number of benzene rings is 1. The Morgan fingerprint density at radius 1 is 1.24 bits per heavy atom. The lowest BCUT2D eigenvalue weighted by atomic mass is 9.76. The molecular weight excluding hydrogens is 448 g/mol. The second-order valence-corrected chi connectivity index (χ2v) is 10.3. The molecule has 2 aromatic rings. The Labute approximate surface area is 207 Å². The molecule has 1 saturated heterocycles. The number of carbonyl (C=O) groups excluding carboxylic acids is 1. The first-order valence-electron chi connectivity index (χ1n) is 12.0. The predicted molar refractivity (Wildman–Crippen MR) is 137 cm³/mol. The first-order valence-corrected chi connectivity index (χ1v) is 12.4. The van der Waals surface area contributed by atoms with E-state index >= 15 is 0 Å². The van der Waals surface area contributed by atoms with E-state index in [1.54, 1.807) is 6.26 Å². The van der Waals surface area contributed by atoms with E-state index in [0.717, 1.165) is 35.2 Å². The molecule has 0 radical (unpaired) electrons. The Kier molecular flexibility index (Phi) is 7.32. The van der Waals surface area contributed by atoms with Crippen molar-refractivity contribution in [3.05, 3.63) is 76.3 Å². The summed E-state index contributed by atoms with van der Waals surface area (Å²) in [6.07, 6.45) is 9.31. The molecule has 1 aromatic carbocycles. The number of aromatic nitrogens is 1. The van der Waals surface area contributed by atoms with E-state index in [9.17, 15) is 4.79 Å². The van der Waals surface area contributed by atoms with Crippen LogP contribution in [0, 0.1) is 5.92 Å². The largest absolute Gasteiger partial charge is 0.501 e. The van der Waals surface area contributed by atoms with E-state index in [0.29, 0.717) is 30.6 Å². The van der Waals surface area contributed by atoms with E-state index in [2.05, 4.69) is 18.2 Å². The number of hydrogen-bond donors (Lipinski definition) is 0. The summed E-state index contributed by atoms with van der Waals surface area (Å²) in [5.41, 5.74) is 5.04. The van der Waals surface area contributed by atoms with Crippen LogP contribution in [0.3, 0.4) is 0 Å². The lowest BCUT2D eigenvalue weighted by molar-refractivity contribution is 0.0178. The number of rotatable bonds is 4. The molecule has 0 saturated carbocycles. The zero-order valence-corrected chi connectivity index (χ0v) is 21.1. The van der Waals surface area contributed by atoms with Crippen LogP contribution in [0.1, 0.15) is 68.8 Å². The van der Waals surface area contributed by atoms with E-state index < -0.39 is 5.60 Å². The third-order valence-corrected chi connectivity index (χ3v) is 6.55. The van der Waals surface area contributed by atoms with Gasteiger partial charge in [-0.3, -0.25) is 4.98 Å². The SMILES string of the molecule is CCOC=CC1=Cc2cc(Cl)ccc2C(C2CCN(C(=O)OC(C)(C)C)CC2)c2ncccc21. The van der Waals surface area contributed by atoms with Gasteiger partial charge in [0.1, 0.15) is 5.60 Å². The van der Waals surface area contributed by atoms with Crippen molar-refractivity contribution in [2.24, 2.45) is 5.92 Å². The van der Waals surface area contributed by atoms with Gasteiger partial charge in [-0.1, -0.05) is 23.7 Å².